The van der Waals surface area contributed by atoms with Gasteiger partial charge in [0.25, 0.3) is 0 Å². The predicted molar refractivity (Wildman–Crippen MR) is 84.5 cm³/mol. The Bertz CT molecular complexity index is 756. The Morgan fingerprint density at radius 2 is 1.58 bits per heavy atom. The number of fused-ring (bicyclic) bond motifs is 1. The summed E-state index contributed by atoms with van der Waals surface area (Å²) in [6.45, 7) is 1.35. The van der Waals surface area contributed by atoms with Crippen LogP contribution in [0.2, 0.25) is 0 Å². The number of ketones is 1. The Hall–Kier alpha value is -1.78. The second kappa shape index (κ2) is 6.75. The Balaban J connectivity index is 1.93. The van der Waals surface area contributed by atoms with Crippen molar-refractivity contribution in [3.63, 3.8) is 0 Å². The molecule has 9 nitrogen and oxygen atoms in total. The molecule has 0 aromatic heterocycles. The summed E-state index contributed by atoms with van der Waals surface area (Å²) in [5.41, 5.74) is 0. The van der Waals surface area contributed by atoms with E-state index in [2.05, 4.69) is 4.18 Å². The third-order valence-corrected chi connectivity index (χ3v) is 6.40. The van der Waals surface area contributed by atoms with Gasteiger partial charge in [-0.1, -0.05) is 12.2 Å². The zero-order valence-corrected chi connectivity index (χ0v) is 15.3. The second-order valence-corrected chi connectivity index (χ2v) is 7.72. The SMILES string of the molecule is CCOS(=O)(=O)OC1C(=O)[C@H]2[C@H]3C=C[C@H]([C@H](C(=O)OC)[C@@H]3C(=O)OC)[C@@H]12. The highest BCUT2D eigenvalue weighted by Gasteiger charge is 2.68. The van der Waals surface area contributed by atoms with Crippen LogP contribution < -0.4 is 0 Å². The number of methoxy groups -OCH3 is 2. The molecule has 4 rings (SSSR count). The highest BCUT2D eigenvalue weighted by molar-refractivity contribution is 7.81. The monoisotopic (exact) mass is 388 g/mol. The maximum absolute atomic E-state index is 12.5. The van der Waals surface area contributed by atoms with E-state index >= 15 is 0 Å². The quantitative estimate of drug-likeness (QED) is 0.452. The van der Waals surface area contributed by atoms with Gasteiger partial charge in [0.1, 0.15) is 6.10 Å². The van der Waals surface area contributed by atoms with Gasteiger partial charge in [0.2, 0.25) is 0 Å². The average Bonchev–Trinajstić information content (AvgIpc) is 2.63. The highest BCUT2D eigenvalue weighted by atomic mass is 32.3. The minimum atomic E-state index is -4.32. The first-order chi connectivity index (χ1) is 12.3. The van der Waals surface area contributed by atoms with Gasteiger partial charge >= 0.3 is 22.3 Å². The van der Waals surface area contributed by atoms with Crippen molar-refractivity contribution in [2.75, 3.05) is 20.8 Å². The van der Waals surface area contributed by atoms with Gasteiger partial charge in [-0.3, -0.25) is 14.4 Å². The molecule has 0 aliphatic heterocycles. The number of esters is 2. The van der Waals surface area contributed by atoms with Crippen LogP contribution in [-0.4, -0.2) is 53.1 Å². The Kier molecular flexibility index (Phi) is 4.93. The van der Waals surface area contributed by atoms with Gasteiger partial charge in [0, 0.05) is 17.8 Å². The lowest BCUT2D eigenvalue weighted by Gasteiger charge is -2.58. The molecule has 0 aromatic rings. The molecular weight excluding hydrogens is 368 g/mol. The molecule has 2 bridgehead atoms. The van der Waals surface area contributed by atoms with E-state index in [1.807, 2.05) is 0 Å². The third-order valence-electron chi connectivity index (χ3n) is 5.43. The Morgan fingerprint density at radius 1 is 1.04 bits per heavy atom. The molecule has 4 aliphatic carbocycles. The topological polar surface area (TPSA) is 122 Å². The van der Waals surface area contributed by atoms with Crippen molar-refractivity contribution in [3.8, 4) is 0 Å². The molecule has 0 N–H and O–H groups in total. The fourth-order valence-corrected chi connectivity index (χ4v) is 5.32. The molecule has 0 radical (unpaired) electrons. The maximum Gasteiger partial charge on any atom is 0.400 e. The molecule has 4 aliphatic rings. The fraction of sp³-hybridized carbons (Fsp3) is 0.688. The van der Waals surface area contributed by atoms with Crippen LogP contribution in [0.3, 0.4) is 0 Å². The van der Waals surface area contributed by atoms with E-state index in [0.717, 1.165) is 0 Å². The van der Waals surface area contributed by atoms with Crippen molar-refractivity contribution in [3.05, 3.63) is 12.2 Å². The standard InChI is InChI=1S/C16H20O9S/c1-4-24-26(20,21)25-14-10-8-6-5-7(9(10)13(14)17)11(15(18)22-2)12(8)16(19)23-3/h5-12,14H,4H2,1-3H3/t7-,8+,9+,10-,11-,12+,14?/m1/s1. The van der Waals surface area contributed by atoms with Crippen LogP contribution in [0.25, 0.3) is 0 Å². The molecule has 2 fully saturated rings. The van der Waals surface area contributed by atoms with E-state index in [-0.39, 0.29) is 6.61 Å². The number of ether oxygens (including phenoxy) is 2. The summed E-state index contributed by atoms with van der Waals surface area (Å²) in [6, 6.07) is 0. The maximum atomic E-state index is 12.5. The molecule has 0 heterocycles. The Labute approximate surface area is 150 Å². The second-order valence-electron chi connectivity index (χ2n) is 6.47. The van der Waals surface area contributed by atoms with E-state index in [9.17, 15) is 22.8 Å². The van der Waals surface area contributed by atoms with Gasteiger partial charge in [0.05, 0.1) is 32.7 Å². The number of hydrogen-bond acceptors (Lipinski definition) is 9. The number of carbonyl (C=O) groups is 3. The lowest BCUT2D eigenvalue weighted by atomic mass is 9.45. The summed E-state index contributed by atoms with van der Waals surface area (Å²) < 4.78 is 42.6. The molecule has 144 valence electrons. The smallest absolute Gasteiger partial charge is 0.400 e. The van der Waals surface area contributed by atoms with E-state index in [1.165, 1.54) is 21.1 Å². The number of hydrogen-bond donors (Lipinski definition) is 0. The van der Waals surface area contributed by atoms with Crippen molar-refractivity contribution in [1.29, 1.82) is 0 Å². The molecule has 0 amide bonds. The number of carbonyl (C=O) groups excluding carboxylic acids is 3. The van der Waals surface area contributed by atoms with Gasteiger partial charge in [-0.25, -0.2) is 8.37 Å². The summed E-state index contributed by atoms with van der Waals surface area (Å²) in [4.78, 5) is 37.1. The number of rotatable bonds is 6. The third kappa shape index (κ3) is 2.76. The summed E-state index contributed by atoms with van der Waals surface area (Å²) in [7, 11) is -1.90. The van der Waals surface area contributed by atoms with Crippen molar-refractivity contribution in [1.82, 2.24) is 0 Å². The van der Waals surface area contributed by atoms with E-state index < -0.39 is 69.7 Å². The van der Waals surface area contributed by atoms with Crippen LogP contribution in [0.15, 0.2) is 12.2 Å². The molecular formula is C16H20O9S. The first-order valence-corrected chi connectivity index (χ1v) is 9.56. The van der Waals surface area contributed by atoms with Gasteiger partial charge < -0.3 is 9.47 Å². The summed E-state index contributed by atoms with van der Waals surface area (Å²) in [5, 5.41) is 0. The summed E-state index contributed by atoms with van der Waals surface area (Å²) in [6.07, 6.45) is 2.21. The van der Waals surface area contributed by atoms with Crippen LogP contribution in [0.1, 0.15) is 6.92 Å². The normalized spacial score (nSPS) is 37.7. The van der Waals surface area contributed by atoms with Gasteiger partial charge in [-0.15, -0.1) is 0 Å². The van der Waals surface area contributed by atoms with E-state index in [0.29, 0.717) is 0 Å². The minimum absolute atomic E-state index is 0.126. The van der Waals surface area contributed by atoms with Gasteiger partial charge in [-0.05, 0) is 12.8 Å². The Morgan fingerprint density at radius 3 is 2.12 bits per heavy atom. The first-order valence-electron chi connectivity index (χ1n) is 8.22. The summed E-state index contributed by atoms with van der Waals surface area (Å²) >= 11 is 0. The molecule has 0 aromatic carbocycles. The van der Waals surface area contributed by atoms with Crippen LogP contribution in [-0.2, 0) is 42.6 Å². The highest BCUT2D eigenvalue weighted by Crippen LogP contribution is 2.59. The lowest BCUT2D eigenvalue weighted by molar-refractivity contribution is -0.188. The van der Waals surface area contributed by atoms with Crippen molar-refractivity contribution in [2.45, 2.75) is 13.0 Å². The largest absolute Gasteiger partial charge is 0.469 e. The molecule has 10 heteroatoms. The van der Waals surface area contributed by atoms with Crippen molar-refractivity contribution in [2.24, 2.45) is 35.5 Å². The first kappa shape index (κ1) is 19.0. The van der Waals surface area contributed by atoms with E-state index in [4.69, 9.17) is 13.7 Å². The molecule has 0 spiro atoms. The number of Topliss-reactive ketones (excluding diaryl/α,β-unsaturated/α-hetero) is 1. The fourth-order valence-electron chi connectivity index (χ4n) is 4.50. The van der Waals surface area contributed by atoms with Crippen LogP contribution in [0.5, 0.6) is 0 Å². The van der Waals surface area contributed by atoms with Crippen LogP contribution >= 0.6 is 0 Å². The summed E-state index contributed by atoms with van der Waals surface area (Å²) in [5.74, 6) is -5.62. The predicted octanol–water partition coefficient (Wildman–Crippen LogP) is -0.138. The molecule has 2 saturated carbocycles. The van der Waals surface area contributed by atoms with Crippen molar-refractivity contribution < 1.29 is 40.6 Å². The van der Waals surface area contributed by atoms with Crippen LogP contribution in [0, 0.1) is 35.5 Å². The lowest BCUT2D eigenvalue weighted by Crippen LogP contribution is -2.68. The molecule has 7 atom stereocenters. The zero-order chi connectivity index (χ0) is 19.2. The van der Waals surface area contributed by atoms with E-state index in [1.54, 1.807) is 12.2 Å². The van der Waals surface area contributed by atoms with Crippen LogP contribution in [0.4, 0.5) is 0 Å². The number of allylic oxidation sites excluding steroid dienone is 2. The zero-order valence-electron chi connectivity index (χ0n) is 14.5. The molecule has 0 saturated heterocycles. The van der Waals surface area contributed by atoms with Gasteiger partial charge in [-0.2, -0.15) is 8.42 Å². The minimum Gasteiger partial charge on any atom is -0.469 e. The molecule has 26 heavy (non-hydrogen) atoms. The average molecular weight is 388 g/mol. The van der Waals surface area contributed by atoms with Crippen molar-refractivity contribution >= 4 is 28.1 Å². The molecule has 1 unspecified atom stereocenters. The van der Waals surface area contributed by atoms with Gasteiger partial charge in [0.15, 0.2) is 5.78 Å².